The first-order valence-electron chi connectivity index (χ1n) is 6.46. The van der Waals surface area contributed by atoms with Gasteiger partial charge in [0.15, 0.2) is 0 Å². The van der Waals surface area contributed by atoms with E-state index in [4.69, 9.17) is 23.2 Å². The molecule has 2 heterocycles. The molecule has 1 aromatic heterocycles. The highest BCUT2D eigenvalue weighted by Gasteiger charge is 2.20. The minimum Gasteiger partial charge on any atom is -0.393 e. The molecule has 2 rings (SSSR count). The quantitative estimate of drug-likeness (QED) is 0.923. The lowest BCUT2D eigenvalue weighted by atomic mass is 10.1. The largest absolute Gasteiger partial charge is 0.393 e. The van der Waals surface area contributed by atoms with E-state index in [9.17, 15) is 9.90 Å². The van der Waals surface area contributed by atoms with Gasteiger partial charge in [-0.15, -0.1) is 11.3 Å². The van der Waals surface area contributed by atoms with Gasteiger partial charge in [0, 0.05) is 19.5 Å². The molecule has 1 saturated heterocycles. The molecule has 1 aromatic rings. The van der Waals surface area contributed by atoms with Crippen LogP contribution in [0.15, 0.2) is 6.07 Å². The van der Waals surface area contributed by atoms with Crippen LogP contribution in [0.1, 0.15) is 31.2 Å². The molecule has 1 amide bonds. The van der Waals surface area contributed by atoms with E-state index in [1.54, 1.807) is 0 Å². The first-order valence-corrected chi connectivity index (χ1v) is 8.03. The average molecular weight is 322 g/mol. The maximum atomic E-state index is 12.0. The molecule has 1 fully saturated rings. The van der Waals surface area contributed by atoms with Crippen molar-refractivity contribution in [2.75, 3.05) is 13.1 Å². The van der Waals surface area contributed by atoms with Gasteiger partial charge < -0.3 is 10.0 Å². The summed E-state index contributed by atoms with van der Waals surface area (Å²) < 4.78 is 1.41. The first-order chi connectivity index (χ1) is 9.06. The molecule has 0 spiro atoms. The summed E-state index contributed by atoms with van der Waals surface area (Å²) in [5.74, 6) is 0.171. The number of halogens is 2. The number of aryl methyl sites for hydroxylation is 1. The molecule has 106 valence electrons. The van der Waals surface area contributed by atoms with Gasteiger partial charge in [0.05, 0.1) is 14.8 Å². The highest BCUT2D eigenvalue weighted by atomic mass is 35.5. The third-order valence-corrected chi connectivity index (χ3v) is 4.95. The Hall–Kier alpha value is -0.290. The van der Waals surface area contributed by atoms with Crippen LogP contribution < -0.4 is 0 Å². The van der Waals surface area contributed by atoms with Gasteiger partial charge in [-0.05, 0) is 37.3 Å². The van der Waals surface area contributed by atoms with Crippen LogP contribution in [0.3, 0.4) is 0 Å². The molecular formula is C13H17Cl2NO2S. The van der Waals surface area contributed by atoms with Crippen LogP contribution in [0.5, 0.6) is 0 Å². The number of rotatable bonds is 4. The Morgan fingerprint density at radius 2 is 2.11 bits per heavy atom. The molecule has 0 unspecified atom stereocenters. The van der Waals surface area contributed by atoms with Crippen molar-refractivity contribution in [3.63, 3.8) is 0 Å². The van der Waals surface area contributed by atoms with E-state index in [1.807, 2.05) is 11.0 Å². The molecular weight excluding hydrogens is 305 g/mol. The normalized spacial score (nSPS) is 16.9. The second kappa shape index (κ2) is 6.93. The van der Waals surface area contributed by atoms with Gasteiger partial charge in [0.25, 0.3) is 0 Å². The van der Waals surface area contributed by atoms with Crippen molar-refractivity contribution in [3.8, 4) is 0 Å². The number of aliphatic hydroxyl groups is 1. The summed E-state index contributed by atoms with van der Waals surface area (Å²) >= 11 is 13.3. The van der Waals surface area contributed by atoms with Gasteiger partial charge in [0.2, 0.25) is 5.91 Å². The van der Waals surface area contributed by atoms with Gasteiger partial charge in [0.1, 0.15) is 0 Å². The van der Waals surface area contributed by atoms with Crippen molar-refractivity contribution in [1.29, 1.82) is 0 Å². The fraction of sp³-hybridized carbons (Fsp3) is 0.615. The molecule has 0 radical (unpaired) electrons. The van der Waals surface area contributed by atoms with Crippen LogP contribution in [0.4, 0.5) is 0 Å². The second-order valence-corrected chi connectivity index (χ2v) is 7.10. The molecule has 0 bridgehead atoms. The van der Waals surface area contributed by atoms with Crippen LogP contribution in [0, 0.1) is 0 Å². The zero-order valence-electron chi connectivity index (χ0n) is 10.6. The van der Waals surface area contributed by atoms with Gasteiger partial charge in [-0.1, -0.05) is 23.2 Å². The zero-order valence-corrected chi connectivity index (χ0v) is 12.9. The van der Waals surface area contributed by atoms with Gasteiger partial charge in [-0.3, -0.25) is 4.79 Å². The Morgan fingerprint density at radius 1 is 1.42 bits per heavy atom. The lowest BCUT2D eigenvalue weighted by Crippen LogP contribution is -2.39. The Morgan fingerprint density at radius 3 is 2.68 bits per heavy atom. The third kappa shape index (κ3) is 4.35. The summed E-state index contributed by atoms with van der Waals surface area (Å²) in [7, 11) is 0. The zero-order chi connectivity index (χ0) is 13.8. The Balaban J connectivity index is 1.73. The van der Waals surface area contributed by atoms with Crippen LogP contribution in [0.25, 0.3) is 0 Å². The fourth-order valence-electron chi connectivity index (χ4n) is 2.25. The Kier molecular flexibility index (Phi) is 5.51. The van der Waals surface area contributed by atoms with E-state index < -0.39 is 0 Å². The first kappa shape index (κ1) is 15.1. The number of hydrogen-bond donors (Lipinski definition) is 1. The maximum absolute atomic E-state index is 12.0. The van der Waals surface area contributed by atoms with Crippen molar-refractivity contribution < 1.29 is 9.90 Å². The van der Waals surface area contributed by atoms with E-state index in [0.29, 0.717) is 36.7 Å². The van der Waals surface area contributed by atoms with Gasteiger partial charge >= 0.3 is 0 Å². The molecule has 1 aliphatic rings. The molecule has 0 saturated carbocycles. The molecule has 0 aromatic carbocycles. The summed E-state index contributed by atoms with van der Waals surface area (Å²) in [6, 6.07) is 1.87. The lowest BCUT2D eigenvalue weighted by Gasteiger charge is -2.29. The van der Waals surface area contributed by atoms with E-state index in [1.165, 1.54) is 11.3 Å². The Labute approximate surface area is 127 Å². The average Bonchev–Trinajstić information content (AvgIpc) is 2.68. The van der Waals surface area contributed by atoms with Crippen molar-refractivity contribution >= 4 is 40.4 Å². The number of likely N-dealkylation sites (tertiary alicyclic amines) is 1. The van der Waals surface area contributed by atoms with Crippen LogP contribution in [-0.4, -0.2) is 35.1 Å². The predicted molar refractivity (Wildman–Crippen MR) is 79.1 cm³/mol. The minimum atomic E-state index is -0.240. The van der Waals surface area contributed by atoms with Crippen LogP contribution in [-0.2, 0) is 11.2 Å². The monoisotopic (exact) mass is 321 g/mol. The highest BCUT2D eigenvalue weighted by molar-refractivity contribution is 7.20. The standard InChI is InChI=1S/C13H17Cl2NO2S/c14-11-8-9(13(15)19-11)2-1-3-12(18)16-6-4-10(17)5-7-16/h8,10,17H,1-7H2. The third-order valence-electron chi connectivity index (χ3n) is 3.38. The smallest absolute Gasteiger partial charge is 0.222 e. The van der Waals surface area contributed by atoms with Crippen molar-refractivity contribution in [2.45, 2.75) is 38.2 Å². The molecule has 1 N–H and O–H groups in total. The molecule has 0 atom stereocenters. The predicted octanol–water partition coefficient (Wildman–Crippen LogP) is 3.36. The number of hydrogen-bond acceptors (Lipinski definition) is 3. The lowest BCUT2D eigenvalue weighted by molar-refractivity contribution is -0.133. The topological polar surface area (TPSA) is 40.5 Å². The van der Waals surface area contributed by atoms with E-state index >= 15 is 0 Å². The molecule has 0 aliphatic carbocycles. The number of carbonyl (C=O) groups excluding carboxylic acids is 1. The number of amides is 1. The maximum Gasteiger partial charge on any atom is 0.222 e. The fourth-order valence-corrected chi connectivity index (χ4v) is 3.79. The van der Waals surface area contributed by atoms with Crippen molar-refractivity contribution in [2.24, 2.45) is 0 Å². The summed E-state index contributed by atoms with van der Waals surface area (Å²) in [5.41, 5.74) is 1.03. The number of thiophene rings is 1. The number of nitrogens with zero attached hydrogens (tertiary/aromatic N) is 1. The number of carbonyl (C=O) groups is 1. The molecule has 3 nitrogen and oxygen atoms in total. The summed E-state index contributed by atoms with van der Waals surface area (Å²) in [4.78, 5) is 13.8. The molecule has 19 heavy (non-hydrogen) atoms. The van der Waals surface area contributed by atoms with E-state index in [-0.39, 0.29) is 12.0 Å². The van der Waals surface area contributed by atoms with Crippen LogP contribution in [0.2, 0.25) is 8.67 Å². The number of piperidine rings is 1. The summed E-state index contributed by atoms with van der Waals surface area (Å²) in [6.07, 6.45) is 3.24. The second-order valence-electron chi connectivity index (χ2n) is 4.81. The minimum absolute atomic E-state index is 0.171. The van der Waals surface area contributed by atoms with Crippen molar-refractivity contribution in [3.05, 3.63) is 20.3 Å². The van der Waals surface area contributed by atoms with E-state index in [0.717, 1.165) is 22.7 Å². The number of aliphatic hydroxyl groups excluding tert-OH is 1. The molecule has 1 aliphatic heterocycles. The molecule has 6 heteroatoms. The van der Waals surface area contributed by atoms with Crippen LogP contribution >= 0.6 is 34.5 Å². The van der Waals surface area contributed by atoms with Gasteiger partial charge in [-0.2, -0.15) is 0 Å². The van der Waals surface area contributed by atoms with E-state index in [2.05, 4.69) is 0 Å². The summed E-state index contributed by atoms with van der Waals surface area (Å²) in [6.45, 7) is 1.34. The highest BCUT2D eigenvalue weighted by Crippen LogP contribution is 2.32. The van der Waals surface area contributed by atoms with Gasteiger partial charge in [-0.25, -0.2) is 0 Å². The Bertz CT molecular complexity index is 442. The van der Waals surface area contributed by atoms with Crippen molar-refractivity contribution in [1.82, 2.24) is 4.90 Å². The summed E-state index contributed by atoms with van der Waals surface area (Å²) in [5, 5.41) is 9.40. The SMILES string of the molecule is O=C(CCCc1cc(Cl)sc1Cl)N1CCC(O)CC1.